The average Bonchev–Trinajstić information content (AvgIpc) is 2.56. The van der Waals surface area contributed by atoms with Gasteiger partial charge in [0.1, 0.15) is 11.5 Å². The highest BCUT2D eigenvalue weighted by atomic mass is 16.5. The second-order valence-corrected chi connectivity index (χ2v) is 5.84. The minimum Gasteiger partial charge on any atom is -0.496 e. The van der Waals surface area contributed by atoms with Crippen molar-refractivity contribution in [1.29, 1.82) is 0 Å². The standard InChI is InChI=1S/C17H28N2O2/c1-4-12-8-5-6-9-13(12)17(19-18)16-14(20-2)10-7-11-15(16)21-3/h7,10-13,17,19H,4-6,8-9,18H2,1-3H3. The summed E-state index contributed by atoms with van der Waals surface area (Å²) >= 11 is 0. The molecule has 1 fully saturated rings. The molecule has 1 aliphatic carbocycles. The second-order valence-electron chi connectivity index (χ2n) is 5.84. The third-order valence-corrected chi connectivity index (χ3v) is 4.88. The first-order valence-electron chi connectivity index (χ1n) is 7.93. The van der Waals surface area contributed by atoms with Gasteiger partial charge in [0, 0.05) is 0 Å². The minimum atomic E-state index is 0.0707. The van der Waals surface area contributed by atoms with Crippen molar-refractivity contribution in [3.05, 3.63) is 23.8 Å². The third-order valence-electron chi connectivity index (χ3n) is 4.88. The topological polar surface area (TPSA) is 56.5 Å². The van der Waals surface area contributed by atoms with Crippen molar-refractivity contribution in [2.45, 2.75) is 45.1 Å². The Morgan fingerprint density at radius 1 is 1.19 bits per heavy atom. The minimum absolute atomic E-state index is 0.0707. The van der Waals surface area contributed by atoms with Crippen LogP contribution in [0.1, 0.15) is 50.6 Å². The Morgan fingerprint density at radius 3 is 2.33 bits per heavy atom. The van der Waals surface area contributed by atoms with Crippen LogP contribution in [0.15, 0.2) is 18.2 Å². The SMILES string of the molecule is CCC1CCCCC1C(NN)c1c(OC)cccc1OC. The summed E-state index contributed by atoms with van der Waals surface area (Å²) < 4.78 is 11.1. The fraction of sp³-hybridized carbons (Fsp3) is 0.647. The summed E-state index contributed by atoms with van der Waals surface area (Å²) in [4.78, 5) is 0. The van der Waals surface area contributed by atoms with Crippen molar-refractivity contribution in [2.75, 3.05) is 14.2 Å². The molecule has 3 unspecified atom stereocenters. The Morgan fingerprint density at radius 2 is 1.81 bits per heavy atom. The van der Waals surface area contributed by atoms with E-state index >= 15 is 0 Å². The van der Waals surface area contributed by atoms with Crippen molar-refractivity contribution < 1.29 is 9.47 Å². The molecular weight excluding hydrogens is 264 g/mol. The third kappa shape index (κ3) is 3.33. The molecule has 0 bridgehead atoms. The molecule has 21 heavy (non-hydrogen) atoms. The Bertz CT molecular complexity index is 428. The highest BCUT2D eigenvalue weighted by molar-refractivity contribution is 5.47. The van der Waals surface area contributed by atoms with Gasteiger partial charge in [0.25, 0.3) is 0 Å². The summed E-state index contributed by atoms with van der Waals surface area (Å²) in [6, 6.07) is 5.98. The van der Waals surface area contributed by atoms with Crippen LogP contribution in [0.4, 0.5) is 0 Å². The zero-order chi connectivity index (χ0) is 15.2. The Hall–Kier alpha value is -1.26. The van der Waals surface area contributed by atoms with Crippen LogP contribution in [-0.2, 0) is 0 Å². The van der Waals surface area contributed by atoms with Crippen LogP contribution in [0, 0.1) is 11.8 Å². The van der Waals surface area contributed by atoms with Gasteiger partial charge in [-0.05, 0) is 30.4 Å². The maximum atomic E-state index is 5.94. The number of rotatable bonds is 6. The van der Waals surface area contributed by atoms with E-state index in [1.54, 1.807) is 14.2 Å². The van der Waals surface area contributed by atoms with Gasteiger partial charge in [-0.2, -0.15) is 0 Å². The zero-order valence-corrected chi connectivity index (χ0v) is 13.4. The molecule has 2 rings (SSSR count). The summed E-state index contributed by atoms with van der Waals surface area (Å²) in [7, 11) is 3.40. The lowest BCUT2D eigenvalue weighted by atomic mass is 9.72. The molecule has 0 radical (unpaired) electrons. The van der Waals surface area contributed by atoms with Gasteiger partial charge in [-0.1, -0.05) is 38.7 Å². The van der Waals surface area contributed by atoms with Gasteiger partial charge >= 0.3 is 0 Å². The number of methoxy groups -OCH3 is 2. The van der Waals surface area contributed by atoms with Gasteiger partial charge in [0.05, 0.1) is 25.8 Å². The fourth-order valence-corrected chi connectivity index (χ4v) is 3.79. The number of hydrazine groups is 1. The molecule has 0 amide bonds. The van der Waals surface area contributed by atoms with E-state index in [9.17, 15) is 0 Å². The van der Waals surface area contributed by atoms with Gasteiger partial charge < -0.3 is 9.47 Å². The van der Waals surface area contributed by atoms with Crippen molar-refractivity contribution in [2.24, 2.45) is 17.7 Å². The second kappa shape index (κ2) is 7.66. The largest absolute Gasteiger partial charge is 0.496 e. The number of ether oxygens (including phenoxy) is 2. The lowest BCUT2D eigenvalue weighted by Crippen LogP contribution is -2.38. The fourth-order valence-electron chi connectivity index (χ4n) is 3.79. The van der Waals surface area contributed by atoms with Crippen LogP contribution >= 0.6 is 0 Å². The molecule has 1 aromatic carbocycles. The molecule has 0 spiro atoms. The summed E-state index contributed by atoms with van der Waals surface area (Å²) in [5, 5.41) is 0. The Kier molecular flexibility index (Phi) is 5.88. The predicted octanol–water partition coefficient (Wildman–Crippen LogP) is 3.42. The van der Waals surface area contributed by atoms with Crippen LogP contribution < -0.4 is 20.7 Å². The highest BCUT2D eigenvalue weighted by Crippen LogP contribution is 2.45. The average molecular weight is 292 g/mol. The van der Waals surface area contributed by atoms with Gasteiger partial charge in [-0.15, -0.1) is 0 Å². The lowest BCUT2D eigenvalue weighted by Gasteiger charge is -2.37. The monoisotopic (exact) mass is 292 g/mol. The maximum absolute atomic E-state index is 5.94. The molecule has 3 N–H and O–H groups in total. The molecule has 4 heteroatoms. The first-order chi connectivity index (χ1) is 10.3. The Balaban J connectivity index is 2.40. The van der Waals surface area contributed by atoms with E-state index in [-0.39, 0.29) is 6.04 Å². The van der Waals surface area contributed by atoms with Crippen molar-refractivity contribution in [3.63, 3.8) is 0 Å². The molecule has 0 aromatic heterocycles. The molecule has 1 aliphatic rings. The van der Waals surface area contributed by atoms with Crippen LogP contribution in [0.3, 0.4) is 0 Å². The number of nitrogens with two attached hydrogens (primary N) is 1. The summed E-state index contributed by atoms with van der Waals surface area (Å²) in [6.07, 6.45) is 6.29. The van der Waals surface area contributed by atoms with E-state index in [1.165, 1.54) is 32.1 Å². The van der Waals surface area contributed by atoms with E-state index in [0.29, 0.717) is 11.8 Å². The zero-order valence-electron chi connectivity index (χ0n) is 13.4. The molecule has 0 saturated heterocycles. The molecule has 3 atom stereocenters. The highest BCUT2D eigenvalue weighted by Gasteiger charge is 2.34. The van der Waals surface area contributed by atoms with E-state index in [4.69, 9.17) is 15.3 Å². The predicted molar refractivity (Wildman–Crippen MR) is 85.3 cm³/mol. The van der Waals surface area contributed by atoms with Gasteiger partial charge in [-0.3, -0.25) is 11.3 Å². The lowest BCUT2D eigenvalue weighted by molar-refractivity contribution is 0.171. The van der Waals surface area contributed by atoms with Gasteiger partial charge in [-0.25, -0.2) is 0 Å². The molecule has 1 aromatic rings. The first kappa shape index (κ1) is 16.1. The molecule has 1 saturated carbocycles. The Labute approximate surface area is 128 Å². The van der Waals surface area contributed by atoms with E-state index in [0.717, 1.165) is 17.1 Å². The van der Waals surface area contributed by atoms with Gasteiger partial charge in [0.2, 0.25) is 0 Å². The van der Waals surface area contributed by atoms with Crippen molar-refractivity contribution in [3.8, 4) is 11.5 Å². The number of nitrogens with one attached hydrogen (secondary N) is 1. The van der Waals surface area contributed by atoms with Crippen LogP contribution in [-0.4, -0.2) is 14.2 Å². The summed E-state index contributed by atoms with van der Waals surface area (Å²) in [6.45, 7) is 2.27. The van der Waals surface area contributed by atoms with E-state index in [1.807, 2.05) is 18.2 Å². The van der Waals surface area contributed by atoms with Crippen molar-refractivity contribution in [1.82, 2.24) is 5.43 Å². The molecular formula is C17H28N2O2. The van der Waals surface area contributed by atoms with Crippen LogP contribution in [0.2, 0.25) is 0 Å². The molecule has 0 heterocycles. The molecule has 0 aliphatic heterocycles. The number of hydrogen-bond donors (Lipinski definition) is 2. The number of benzene rings is 1. The van der Waals surface area contributed by atoms with E-state index in [2.05, 4.69) is 12.3 Å². The smallest absolute Gasteiger partial charge is 0.127 e. The quantitative estimate of drug-likeness (QED) is 0.623. The summed E-state index contributed by atoms with van der Waals surface area (Å²) in [5.74, 6) is 8.86. The van der Waals surface area contributed by atoms with Crippen molar-refractivity contribution >= 4 is 0 Å². The number of hydrogen-bond acceptors (Lipinski definition) is 4. The van der Waals surface area contributed by atoms with Crippen LogP contribution in [0.5, 0.6) is 11.5 Å². The molecule has 118 valence electrons. The maximum Gasteiger partial charge on any atom is 0.127 e. The van der Waals surface area contributed by atoms with Crippen LogP contribution in [0.25, 0.3) is 0 Å². The van der Waals surface area contributed by atoms with Gasteiger partial charge in [0.15, 0.2) is 0 Å². The summed E-state index contributed by atoms with van der Waals surface area (Å²) in [5.41, 5.74) is 4.09. The van der Waals surface area contributed by atoms with E-state index < -0.39 is 0 Å². The molecule has 4 nitrogen and oxygen atoms in total. The normalized spacial score (nSPS) is 23.6. The first-order valence-corrected chi connectivity index (χ1v) is 7.93.